The Bertz CT molecular complexity index is 497. The topological polar surface area (TPSA) is 69.8 Å². The van der Waals surface area contributed by atoms with E-state index in [0.717, 1.165) is 38.2 Å². The van der Waals surface area contributed by atoms with Crippen molar-refractivity contribution in [2.75, 3.05) is 32.8 Å². The molecule has 1 heterocycles. The van der Waals surface area contributed by atoms with Gasteiger partial charge in [0, 0.05) is 50.4 Å². The maximum Gasteiger partial charge on any atom is 0.269 e. The zero-order valence-corrected chi connectivity index (χ0v) is 13.3. The third-order valence-electron chi connectivity index (χ3n) is 4.66. The van der Waals surface area contributed by atoms with Crippen LogP contribution in [-0.2, 0) is 0 Å². The quantitative estimate of drug-likeness (QED) is 0.643. The molecule has 122 valence electrons. The largest absolute Gasteiger partial charge is 0.395 e. The first-order valence-corrected chi connectivity index (χ1v) is 7.90. The number of nitro benzene ring substituents is 1. The Morgan fingerprint density at radius 3 is 2.45 bits per heavy atom. The molecule has 1 N–H and O–H groups in total. The lowest BCUT2D eigenvalue weighted by molar-refractivity contribution is -0.385. The van der Waals surface area contributed by atoms with Gasteiger partial charge in [-0.15, -0.1) is 0 Å². The molecule has 1 aromatic carbocycles. The van der Waals surface area contributed by atoms with E-state index < -0.39 is 0 Å². The van der Waals surface area contributed by atoms with E-state index in [9.17, 15) is 15.2 Å². The van der Waals surface area contributed by atoms with Gasteiger partial charge in [-0.25, -0.2) is 0 Å². The van der Waals surface area contributed by atoms with Crippen molar-refractivity contribution >= 4 is 5.69 Å². The molecule has 0 saturated carbocycles. The molecule has 0 aliphatic carbocycles. The van der Waals surface area contributed by atoms with Gasteiger partial charge >= 0.3 is 0 Å². The van der Waals surface area contributed by atoms with Crippen molar-refractivity contribution in [1.82, 2.24) is 9.80 Å². The van der Waals surface area contributed by atoms with Crippen LogP contribution in [-0.4, -0.2) is 58.7 Å². The average molecular weight is 307 g/mol. The van der Waals surface area contributed by atoms with Crippen molar-refractivity contribution in [3.8, 4) is 0 Å². The molecule has 0 radical (unpaired) electrons. The summed E-state index contributed by atoms with van der Waals surface area (Å²) in [6, 6.07) is 7.30. The molecular weight excluding hydrogens is 282 g/mol. The van der Waals surface area contributed by atoms with Gasteiger partial charge in [-0.2, -0.15) is 0 Å². The highest BCUT2D eigenvalue weighted by Crippen LogP contribution is 2.25. The van der Waals surface area contributed by atoms with E-state index in [4.69, 9.17) is 0 Å². The summed E-state index contributed by atoms with van der Waals surface area (Å²) < 4.78 is 0. The predicted molar refractivity (Wildman–Crippen MR) is 85.8 cm³/mol. The second-order valence-electron chi connectivity index (χ2n) is 5.84. The number of hydrogen-bond donors (Lipinski definition) is 1. The van der Waals surface area contributed by atoms with Gasteiger partial charge in [-0.05, 0) is 18.9 Å². The van der Waals surface area contributed by atoms with Gasteiger partial charge in [0.1, 0.15) is 0 Å². The van der Waals surface area contributed by atoms with Crippen LogP contribution in [0.5, 0.6) is 0 Å². The van der Waals surface area contributed by atoms with Gasteiger partial charge in [0.2, 0.25) is 0 Å². The number of nitro groups is 1. The minimum absolute atomic E-state index is 0.148. The van der Waals surface area contributed by atoms with E-state index in [2.05, 4.69) is 23.6 Å². The molecule has 0 amide bonds. The Labute approximate surface area is 131 Å². The van der Waals surface area contributed by atoms with Gasteiger partial charge < -0.3 is 5.11 Å². The first-order chi connectivity index (χ1) is 10.6. The second kappa shape index (κ2) is 7.67. The van der Waals surface area contributed by atoms with E-state index in [0.29, 0.717) is 0 Å². The number of aliphatic hydroxyl groups excluding tert-OH is 1. The Kier molecular flexibility index (Phi) is 5.88. The van der Waals surface area contributed by atoms with Crippen molar-refractivity contribution < 1.29 is 10.0 Å². The molecule has 1 saturated heterocycles. The van der Waals surface area contributed by atoms with Crippen LogP contribution in [0.3, 0.4) is 0 Å². The molecular formula is C16H25N3O3. The van der Waals surface area contributed by atoms with Crippen LogP contribution in [0.2, 0.25) is 0 Å². The lowest BCUT2D eigenvalue weighted by atomic mass is 10.0. The van der Waals surface area contributed by atoms with Crippen molar-refractivity contribution in [3.05, 3.63) is 39.9 Å². The molecule has 0 bridgehead atoms. The van der Waals surface area contributed by atoms with Crippen LogP contribution >= 0.6 is 0 Å². The lowest BCUT2D eigenvalue weighted by Gasteiger charge is -2.41. The van der Waals surface area contributed by atoms with E-state index in [1.54, 1.807) is 12.1 Å². The summed E-state index contributed by atoms with van der Waals surface area (Å²) in [6.45, 7) is 8.09. The molecule has 1 aliphatic heterocycles. The maximum atomic E-state index is 10.9. The summed E-state index contributed by atoms with van der Waals surface area (Å²) in [4.78, 5) is 15.2. The van der Waals surface area contributed by atoms with E-state index in [1.165, 1.54) is 6.07 Å². The Hall–Kier alpha value is -1.50. The number of nitrogens with zero attached hydrogens (tertiary/aromatic N) is 3. The van der Waals surface area contributed by atoms with Gasteiger partial charge in [-0.1, -0.05) is 19.1 Å². The molecule has 0 spiro atoms. The molecule has 1 aliphatic rings. The van der Waals surface area contributed by atoms with Gasteiger partial charge in [0.05, 0.1) is 11.5 Å². The molecule has 6 heteroatoms. The molecule has 2 unspecified atom stereocenters. The molecule has 22 heavy (non-hydrogen) atoms. The fraction of sp³-hybridized carbons (Fsp3) is 0.625. The number of piperazine rings is 1. The van der Waals surface area contributed by atoms with Gasteiger partial charge in [-0.3, -0.25) is 19.9 Å². The third kappa shape index (κ3) is 3.82. The number of non-ortho nitro benzene ring substituents is 1. The number of hydrogen-bond acceptors (Lipinski definition) is 5. The summed E-state index contributed by atoms with van der Waals surface area (Å²) in [6.07, 6.45) is 0.955. The SMILES string of the molecule is CCC(CO)N1CCN(C(C)c2cccc([N+](=O)[O-])c2)CC1. The van der Waals surface area contributed by atoms with Gasteiger partial charge in [0.25, 0.3) is 5.69 Å². The summed E-state index contributed by atoms with van der Waals surface area (Å²) >= 11 is 0. The maximum absolute atomic E-state index is 10.9. The summed E-state index contributed by atoms with van der Waals surface area (Å²) in [5, 5.41) is 20.3. The van der Waals surface area contributed by atoms with Crippen molar-refractivity contribution in [1.29, 1.82) is 0 Å². The van der Waals surface area contributed by atoms with Crippen LogP contribution in [0.4, 0.5) is 5.69 Å². The van der Waals surface area contributed by atoms with Crippen molar-refractivity contribution in [2.24, 2.45) is 0 Å². The van der Waals surface area contributed by atoms with Crippen molar-refractivity contribution in [2.45, 2.75) is 32.4 Å². The number of rotatable bonds is 6. The molecule has 2 rings (SSSR count). The Morgan fingerprint density at radius 1 is 1.27 bits per heavy atom. The van der Waals surface area contributed by atoms with Crippen LogP contribution in [0, 0.1) is 10.1 Å². The van der Waals surface area contributed by atoms with Crippen LogP contribution < -0.4 is 0 Å². The van der Waals surface area contributed by atoms with E-state index in [1.807, 2.05) is 6.07 Å². The first kappa shape index (κ1) is 16.9. The Morgan fingerprint density at radius 2 is 1.91 bits per heavy atom. The highest BCUT2D eigenvalue weighted by atomic mass is 16.6. The van der Waals surface area contributed by atoms with Crippen molar-refractivity contribution in [3.63, 3.8) is 0 Å². The zero-order valence-electron chi connectivity index (χ0n) is 13.3. The minimum Gasteiger partial charge on any atom is -0.395 e. The molecule has 1 aromatic rings. The van der Waals surface area contributed by atoms with Crippen LogP contribution in [0.1, 0.15) is 31.9 Å². The summed E-state index contributed by atoms with van der Waals surface area (Å²) in [7, 11) is 0. The molecule has 0 aromatic heterocycles. The third-order valence-corrected chi connectivity index (χ3v) is 4.66. The van der Waals surface area contributed by atoms with E-state index in [-0.39, 0.29) is 29.3 Å². The average Bonchev–Trinajstić information content (AvgIpc) is 2.56. The van der Waals surface area contributed by atoms with Crippen LogP contribution in [0.25, 0.3) is 0 Å². The highest BCUT2D eigenvalue weighted by molar-refractivity contribution is 5.35. The first-order valence-electron chi connectivity index (χ1n) is 7.90. The summed E-state index contributed by atoms with van der Waals surface area (Å²) in [5.41, 5.74) is 1.13. The second-order valence-corrected chi connectivity index (χ2v) is 5.84. The predicted octanol–water partition coefficient (Wildman–Crippen LogP) is 2.04. The minimum atomic E-state index is -0.346. The van der Waals surface area contributed by atoms with Gasteiger partial charge in [0.15, 0.2) is 0 Å². The lowest BCUT2D eigenvalue weighted by Crippen LogP contribution is -2.51. The number of benzene rings is 1. The summed E-state index contributed by atoms with van der Waals surface area (Å²) in [5.74, 6) is 0. The Balaban J connectivity index is 1.99. The van der Waals surface area contributed by atoms with E-state index >= 15 is 0 Å². The monoisotopic (exact) mass is 307 g/mol. The molecule has 2 atom stereocenters. The molecule has 6 nitrogen and oxygen atoms in total. The zero-order chi connectivity index (χ0) is 16.1. The van der Waals surface area contributed by atoms with Crippen LogP contribution in [0.15, 0.2) is 24.3 Å². The number of aliphatic hydroxyl groups is 1. The highest BCUT2D eigenvalue weighted by Gasteiger charge is 2.25. The molecule has 1 fully saturated rings. The standard InChI is InChI=1S/C16H25N3O3/c1-3-15(12-20)18-9-7-17(8-10-18)13(2)14-5-4-6-16(11-14)19(21)22/h4-6,11,13,15,20H,3,7-10,12H2,1-2H3. The fourth-order valence-electron chi connectivity index (χ4n) is 3.10. The smallest absolute Gasteiger partial charge is 0.269 e. The fourth-order valence-corrected chi connectivity index (χ4v) is 3.10. The normalized spacial score (nSPS) is 19.8.